The van der Waals surface area contributed by atoms with E-state index < -0.39 is 0 Å². The average Bonchev–Trinajstić information content (AvgIpc) is 2.48. The number of halogens is 1. The maximum Gasteiger partial charge on any atom is 0.119 e. The predicted molar refractivity (Wildman–Crippen MR) is 88.0 cm³/mol. The molecule has 20 heavy (non-hydrogen) atoms. The van der Waals surface area contributed by atoms with Crippen molar-refractivity contribution in [3.8, 4) is 5.75 Å². The Balaban J connectivity index is 2.35. The van der Waals surface area contributed by atoms with Crippen LogP contribution in [-0.2, 0) is 6.42 Å². The van der Waals surface area contributed by atoms with Crippen LogP contribution in [0, 0.1) is 0 Å². The maximum atomic E-state index is 5.70. The molecule has 4 heteroatoms. The van der Waals surface area contributed by atoms with E-state index in [4.69, 9.17) is 10.5 Å². The van der Waals surface area contributed by atoms with Crippen molar-refractivity contribution in [2.75, 3.05) is 25.6 Å². The van der Waals surface area contributed by atoms with Crippen LogP contribution < -0.4 is 15.4 Å². The molecule has 0 heterocycles. The van der Waals surface area contributed by atoms with Crippen molar-refractivity contribution in [3.63, 3.8) is 0 Å². The van der Waals surface area contributed by atoms with Crippen molar-refractivity contribution in [1.82, 2.24) is 0 Å². The van der Waals surface area contributed by atoms with E-state index >= 15 is 0 Å². The zero-order valence-electron chi connectivity index (χ0n) is 11.8. The van der Waals surface area contributed by atoms with E-state index in [1.54, 1.807) is 7.11 Å². The van der Waals surface area contributed by atoms with Crippen molar-refractivity contribution < 1.29 is 4.74 Å². The number of ether oxygens (including phenoxy) is 1. The molecule has 2 aromatic rings. The smallest absolute Gasteiger partial charge is 0.119 e. The van der Waals surface area contributed by atoms with Gasteiger partial charge in [-0.3, -0.25) is 0 Å². The molecule has 2 aromatic carbocycles. The molecule has 0 unspecified atom stereocenters. The normalized spacial score (nSPS) is 10.4. The lowest BCUT2D eigenvalue weighted by atomic mass is 10.1. The first-order valence-electron chi connectivity index (χ1n) is 6.52. The minimum Gasteiger partial charge on any atom is -0.497 e. The third-order valence-corrected chi connectivity index (χ3v) is 3.78. The van der Waals surface area contributed by atoms with Gasteiger partial charge in [0.15, 0.2) is 0 Å². The van der Waals surface area contributed by atoms with Gasteiger partial charge < -0.3 is 15.4 Å². The molecular weight excluding hydrogens is 316 g/mol. The summed E-state index contributed by atoms with van der Waals surface area (Å²) in [6.07, 6.45) is 0.864. The lowest BCUT2D eigenvalue weighted by Crippen LogP contribution is -2.13. The fourth-order valence-electron chi connectivity index (χ4n) is 2.16. The summed E-state index contributed by atoms with van der Waals surface area (Å²) in [5, 5.41) is 0. The highest BCUT2D eigenvalue weighted by atomic mass is 79.9. The van der Waals surface area contributed by atoms with Gasteiger partial charge in [0.2, 0.25) is 0 Å². The van der Waals surface area contributed by atoms with Crippen molar-refractivity contribution in [1.29, 1.82) is 0 Å². The molecule has 0 amide bonds. The molecule has 0 radical (unpaired) electrons. The van der Waals surface area contributed by atoms with Gasteiger partial charge in [0.1, 0.15) is 5.75 Å². The molecule has 2 rings (SSSR count). The van der Waals surface area contributed by atoms with Gasteiger partial charge in [0.05, 0.1) is 7.11 Å². The van der Waals surface area contributed by atoms with Crippen molar-refractivity contribution in [2.45, 2.75) is 6.42 Å². The minimum atomic E-state index is 0.644. The van der Waals surface area contributed by atoms with E-state index in [-0.39, 0.29) is 0 Å². The van der Waals surface area contributed by atoms with Gasteiger partial charge in [-0.2, -0.15) is 0 Å². The maximum absolute atomic E-state index is 5.70. The Kier molecular flexibility index (Phi) is 5.04. The fraction of sp³-hybridized carbons (Fsp3) is 0.250. The van der Waals surface area contributed by atoms with Crippen LogP contribution in [0.25, 0.3) is 0 Å². The number of anilines is 2. The van der Waals surface area contributed by atoms with Gasteiger partial charge in [-0.05, 0) is 54.9 Å². The Morgan fingerprint density at radius 1 is 1.15 bits per heavy atom. The highest BCUT2D eigenvalue weighted by Gasteiger charge is 2.10. The molecular formula is C16H19BrN2O. The van der Waals surface area contributed by atoms with Crippen LogP contribution in [0.3, 0.4) is 0 Å². The quantitative estimate of drug-likeness (QED) is 0.905. The molecule has 2 N–H and O–H groups in total. The minimum absolute atomic E-state index is 0.644. The third-order valence-electron chi connectivity index (χ3n) is 3.28. The van der Waals surface area contributed by atoms with Crippen LogP contribution in [0.4, 0.5) is 11.4 Å². The van der Waals surface area contributed by atoms with Crippen LogP contribution in [-0.4, -0.2) is 20.7 Å². The van der Waals surface area contributed by atoms with Gasteiger partial charge in [0.25, 0.3) is 0 Å². The van der Waals surface area contributed by atoms with Gasteiger partial charge >= 0.3 is 0 Å². The Labute approximate surface area is 128 Å². The highest BCUT2D eigenvalue weighted by Crippen LogP contribution is 2.31. The zero-order valence-corrected chi connectivity index (χ0v) is 13.4. The molecule has 0 fully saturated rings. The van der Waals surface area contributed by atoms with Crippen LogP contribution in [0.15, 0.2) is 46.9 Å². The van der Waals surface area contributed by atoms with Gasteiger partial charge in [-0.15, -0.1) is 0 Å². The summed E-state index contributed by atoms with van der Waals surface area (Å²) in [5.74, 6) is 0.860. The van der Waals surface area contributed by atoms with Crippen LogP contribution in [0.5, 0.6) is 5.75 Å². The Morgan fingerprint density at radius 3 is 2.45 bits per heavy atom. The third kappa shape index (κ3) is 3.32. The molecule has 0 aromatic heterocycles. The van der Waals surface area contributed by atoms with Gasteiger partial charge in [-0.1, -0.05) is 22.0 Å². The largest absolute Gasteiger partial charge is 0.497 e. The first-order valence-corrected chi connectivity index (χ1v) is 7.31. The summed E-state index contributed by atoms with van der Waals surface area (Å²) in [5.41, 5.74) is 9.22. The number of nitrogens with zero attached hydrogens (tertiary/aromatic N) is 1. The molecule has 0 bridgehead atoms. The second-order valence-electron chi connectivity index (χ2n) is 4.57. The molecule has 0 spiro atoms. The Bertz CT molecular complexity index is 569. The summed E-state index contributed by atoms with van der Waals surface area (Å²) in [4.78, 5) is 2.16. The Hall–Kier alpha value is -1.52. The zero-order chi connectivity index (χ0) is 14.5. The van der Waals surface area contributed by atoms with Crippen molar-refractivity contribution in [2.24, 2.45) is 5.73 Å². The predicted octanol–water partition coefficient (Wildman–Crippen LogP) is 3.73. The second kappa shape index (κ2) is 6.77. The number of hydrogen-bond donors (Lipinski definition) is 1. The van der Waals surface area contributed by atoms with Crippen LogP contribution in [0.1, 0.15) is 5.56 Å². The van der Waals surface area contributed by atoms with Crippen LogP contribution in [0.2, 0.25) is 0 Å². The standard InChI is InChI=1S/C16H19BrN2O/c1-19(14-5-7-15(20-2)8-6-14)16-11-13(17)4-3-12(16)9-10-18/h3-8,11H,9-10,18H2,1-2H3. The van der Waals surface area contributed by atoms with E-state index in [2.05, 4.69) is 46.1 Å². The van der Waals surface area contributed by atoms with Gasteiger partial charge in [-0.25, -0.2) is 0 Å². The summed E-state index contributed by atoms with van der Waals surface area (Å²) in [6.45, 7) is 0.644. The van der Waals surface area contributed by atoms with E-state index in [9.17, 15) is 0 Å². The molecule has 0 aliphatic heterocycles. The molecule has 106 valence electrons. The highest BCUT2D eigenvalue weighted by molar-refractivity contribution is 9.10. The summed E-state index contributed by atoms with van der Waals surface area (Å²) >= 11 is 3.53. The Morgan fingerprint density at radius 2 is 1.85 bits per heavy atom. The number of rotatable bonds is 5. The lowest BCUT2D eigenvalue weighted by molar-refractivity contribution is 0.415. The number of hydrogen-bond acceptors (Lipinski definition) is 3. The van der Waals surface area contributed by atoms with E-state index in [1.807, 2.05) is 24.3 Å². The topological polar surface area (TPSA) is 38.5 Å². The van der Waals surface area contributed by atoms with E-state index in [1.165, 1.54) is 5.56 Å². The monoisotopic (exact) mass is 334 g/mol. The summed E-state index contributed by atoms with van der Waals surface area (Å²) in [7, 11) is 3.73. The second-order valence-corrected chi connectivity index (χ2v) is 5.48. The van der Waals surface area contributed by atoms with Gasteiger partial charge in [0, 0.05) is 22.9 Å². The molecule has 0 aliphatic rings. The number of nitrogens with two attached hydrogens (primary N) is 1. The summed E-state index contributed by atoms with van der Waals surface area (Å²) < 4.78 is 6.26. The molecule has 0 saturated heterocycles. The van der Waals surface area contributed by atoms with Crippen LogP contribution >= 0.6 is 15.9 Å². The average molecular weight is 335 g/mol. The molecule has 0 aliphatic carbocycles. The first-order chi connectivity index (χ1) is 9.65. The SMILES string of the molecule is COc1ccc(N(C)c2cc(Br)ccc2CCN)cc1. The van der Waals surface area contributed by atoms with Crippen molar-refractivity contribution in [3.05, 3.63) is 52.5 Å². The number of benzene rings is 2. The fourth-order valence-corrected chi connectivity index (χ4v) is 2.51. The molecule has 0 atom stereocenters. The molecule has 0 saturated carbocycles. The van der Waals surface area contributed by atoms with E-state index in [0.29, 0.717) is 6.54 Å². The number of methoxy groups -OCH3 is 1. The lowest BCUT2D eigenvalue weighted by Gasteiger charge is -2.23. The van der Waals surface area contributed by atoms with E-state index in [0.717, 1.165) is 28.0 Å². The first kappa shape index (κ1) is 14.9. The molecule has 3 nitrogen and oxygen atoms in total. The summed E-state index contributed by atoms with van der Waals surface area (Å²) in [6, 6.07) is 14.3. The van der Waals surface area contributed by atoms with Crippen molar-refractivity contribution >= 4 is 27.3 Å².